The van der Waals surface area contributed by atoms with Gasteiger partial charge in [0.15, 0.2) is 0 Å². The van der Waals surface area contributed by atoms with Gasteiger partial charge >= 0.3 is 5.97 Å². The van der Waals surface area contributed by atoms with Crippen molar-refractivity contribution in [1.29, 1.82) is 0 Å². The highest BCUT2D eigenvalue weighted by Gasteiger charge is 2.47. The van der Waals surface area contributed by atoms with Gasteiger partial charge in [0, 0.05) is 36.2 Å². The molecule has 1 aromatic heterocycles. The summed E-state index contributed by atoms with van der Waals surface area (Å²) in [6.07, 6.45) is 5.73. The van der Waals surface area contributed by atoms with Crippen molar-refractivity contribution in [1.82, 2.24) is 4.98 Å². The van der Waals surface area contributed by atoms with Crippen LogP contribution < -0.4 is 4.74 Å². The molecule has 0 fully saturated rings. The van der Waals surface area contributed by atoms with E-state index in [1.54, 1.807) is 7.11 Å². The third-order valence-electron chi connectivity index (χ3n) is 6.60. The zero-order valence-corrected chi connectivity index (χ0v) is 16.6. The van der Waals surface area contributed by atoms with E-state index in [2.05, 4.69) is 28.6 Å². The highest BCUT2D eigenvalue weighted by molar-refractivity contribution is 6.06. The molecule has 3 heterocycles. The van der Waals surface area contributed by atoms with Gasteiger partial charge in [-0.05, 0) is 37.0 Å². The van der Waals surface area contributed by atoms with E-state index in [4.69, 9.17) is 9.47 Å². The molecular weight excluding hydrogens is 340 g/mol. The summed E-state index contributed by atoms with van der Waals surface area (Å²) in [5.41, 5.74) is 5.27. The number of carbonyl (C=O) groups excluding carboxylic acids is 1. The van der Waals surface area contributed by atoms with E-state index in [0.29, 0.717) is 6.42 Å². The number of carbonyl (C=O) groups is 1. The molecule has 2 aromatic rings. The molecule has 5 nitrogen and oxygen atoms in total. The fourth-order valence-electron chi connectivity index (χ4n) is 5.10. The summed E-state index contributed by atoms with van der Waals surface area (Å²) in [6, 6.07) is 6.30. The number of methoxy groups -OCH3 is 2. The molecule has 0 radical (unpaired) electrons. The lowest BCUT2D eigenvalue weighted by Gasteiger charge is -2.37. The van der Waals surface area contributed by atoms with Crippen LogP contribution in [-0.4, -0.2) is 48.5 Å². The molecule has 5 heteroatoms. The molecule has 0 bridgehead atoms. The Labute approximate surface area is 160 Å². The molecular formula is C22H29N2O3+. The molecule has 27 heavy (non-hydrogen) atoms. The normalized spacial score (nSPS) is 21.7. The number of ether oxygens (including phenoxy) is 2. The summed E-state index contributed by atoms with van der Waals surface area (Å²) in [4.78, 5) is 15.6. The number of aromatic amines is 1. The van der Waals surface area contributed by atoms with Gasteiger partial charge in [-0.3, -0.25) is 4.79 Å². The first-order chi connectivity index (χ1) is 13.1. The van der Waals surface area contributed by atoms with Crippen molar-refractivity contribution in [2.24, 2.45) is 5.41 Å². The second kappa shape index (κ2) is 7.02. The Bertz CT molecular complexity index is 912. The predicted molar refractivity (Wildman–Crippen MR) is 106 cm³/mol. The quantitative estimate of drug-likeness (QED) is 0.646. The number of hydrogen-bond acceptors (Lipinski definition) is 3. The Balaban J connectivity index is 1.82. The number of nitrogens with one attached hydrogen (secondary N) is 1. The number of rotatable bonds is 5. The Kier molecular flexibility index (Phi) is 4.70. The van der Waals surface area contributed by atoms with Crippen molar-refractivity contribution >= 4 is 22.6 Å². The molecule has 2 aliphatic heterocycles. The van der Waals surface area contributed by atoms with E-state index < -0.39 is 0 Å². The van der Waals surface area contributed by atoms with Crippen molar-refractivity contribution in [3.05, 3.63) is 29.5 Å². The van der Waals surface area contributed by atoms with E-state index in [0.717, 1.165) is 50.0 Å². The van der Waals surface area contributed by atoms with Gasteiger partial charge in [0.05, 0.1) is 19.6 Å². The van der Waals surface area contributed by atoms with Gasteiger partial charge in [-0.25, -0.2) is 4.58 Å². The van der Waals surface area contributed by atoms with Crippen molar-refractivity contribution in [3.63, 3.8) is 0 Å². The minimum absolute atomic E-state index is 0.0343. The maximum absolute atomic E-state index is 11.9. The Morgan fingerprint density at radius 3 is 2.89 bits per heavy atom. The molecule has 1 aromatic carbocycles. The highest BCUT2D eigenvalue weighted by Crippen LogP contribution is 2.43. The summed E-state index contributed by atoms with van der Waals surface area (Å²) >= 11 is 0. The van der Waals surface area contributed by atoms with E-state index in [1.165, 1.54) is 35.9 Å². The third kappa shape index (κ3) is 2.93. The van der Waals surface area contributed by atoms with Gasteiger partial charge < -0.3 is 14.5 Å². The van der Waals surface area contributed by atoms with Crippen LogP contribution in [0.25, 0.3) is 10.9 Å². The minimum Gasteiger partial charge on any atom is -0.497 e. The van der Waals surface area contributed by atoms with Crippen molar-refractivity contribution < 1.29 is 18.8 Å². The zero-order chi connectivity index (χ0) is 19.0. The molecule has 1 N–H and O–H groups in total. The first-order valence-electron chi connectivity index (χ1n) is 10.00. The molecule has 144 valence electrons. The lowest BCUT2D eigenvalue weighted by Crippen LogP contribution is -2.46. The van der Waals surface area contributed by atoms with Crippen LogP contribution >= 0.6 is 0 Å². The molecule has 0 saturated heterocycles. The van der Waals surface area contributed by atoms with Crippen molar-refractivity contribution in [2.75, 3.05) is 27.3 Å². The van der Waals surface area contributed by atoms with Gasteiger partial charge in [0.2, 0.25) is 5.71 Å². The predicted octanol–water partition coefficient (Wildman–Crippen LogP) is 3.68. The van der Waals surface area contributed by atoms with Crippen molar-refractivity contribution in [2.45, 2.75) is 45.4 Å². The van der Waals surface area contributed by atoms with E-state index in [9.17, 15) is 4.79 Å². The SMILES string of the molecule is CCC1(CCC(=O)OC)CCC[N+]2=C1c1[nH]c3cc(OC)ccc3c1CC2. The second-order valence-electron chi connectivity index (χ2n) is 7.79. The smallest absolute Gasteiger partial charge is 0.305 e. The standard InChI is InChI=1S/C22H28N2O3/c1-4-22(11-8-19(25)27-3)10-5-12-24-13-9-17-16-7-6-15(26-2)14-18(16)23-20(17)21(22)24/h6-7,14H,4-5,8-13H2,1-3H3/p+1. The summed E-state index contributed by atoms with van der Waals surface area (Å²) in [5, 5.41) is 1.29. The van der Waals surface area contributed by atoms with Crippen LogP contribution in [0.5, 0.6) is 5.75 Å². The zero-order valence-electron chi connectivity index (χ0n) is 16.6. The summed E-state index contributed by atoms with van der Waals surface area (Å²) in [5.74, 6) is 0.761. The Morgan fingerprint density at radius 1 is 1.30 bits per heavy atom. The maximum atomic E-state index is 11.9. The van der Waals surface area contributed by atoms with Crippen LogP contribution in [0.4, 0.5) is 0 Å². The average molecular weight is 369 g/mol. The van der Waals surface area contributed by atoms with Gasteiger partial charge in [-0.1, -0.05) is 6.92 Å². The van der Waals surface area contributed by atoms with Crippen LogP contribution in [0.2, 0.25) is 0 Å². The molecule has 0 aliphatic carbocycles. The largest absolute Gasteiger partial charge is 0.497 e. The van der Waals surface area contributed by atoms with Crippen LogP contribution in [0, 0.1) is 5.41 Å². The summed E-state index contributed by atoms with van der Waals surface area (Å²) in [6.45, 7) is 4.42. The molecule has 4 rings (SSSR count). The monoisotopic (exact) mass is 369 g/mol. The molecule has 1 unspecified atom stereocenters. The number of fused-ring (bicyclic) bond motifs is 4. The van der Waals surface area contributed by atoms with Crippen molar-refractivity contribution in [3.8, 4) is 5.75 Å². The summed E-state index contributed by atoms with van der Waals surface area (Å²) in [7, 11) is 3.18. The van der Waals surface area contributed by atoms with Gasteiger partial charge in [-0.15, -0.1) is 0 Å². The lowest BCUT2D eigenvalue weighted by molar-refractivity contribution is -0.538. The third-order valence-corrected chi connectivity index (χ3v) is 6.60. The number of esters is 1. The number of benzene rings is 1. The Morgan fingerprint density at radius 2 is 2.15 bits per heavy atom. The average Bonchev–Trinajstić information content (AvgIpc) is 3.09. The van der Waals surface area contributed by atoms with Crippen LogP contribution in [0.15, 0.2) is 18.2 Å². The lowest BCUT2D eigenvalue weighted by atomic mass is 9.68. The summed E-state index contributed by atoms with van der Waals surface area (Å²) < 4.78 is 12.9. The number of nitrogens with zero attached hydrogens (tertiary/aromatic N) is 1. The van der Waals surface area contributed by atoms with Crippen LogP contribution in [-0.2, 0) is 16.0 Å². The molecule has 0 saturated carbocycles. The van der Waals surface area contributed by atoms with Crippen LogP contribution in [0.1, 0.15) is 50.3 Å². The maximum Gasteiger partial charge on any atom is 0.305 e. The highest BCUT2D eigenvalue weighted by atomic mass is 16.5. The van der Waals surface area contributed by atoms with Gasteiger partial charge in [0.1, 0.15) is 24.5 Å². The fourth-order valence-corrected chi connectivity index (χ4v) is 5.10. The fraction of sp³-hybridized carbons (Fsp3) is 0.545. The van der Waals surface area contributed by atoms with Gasteiger partial charge in [-0.2, -0.15) is 0 Å². The van der Waals surface area contributed by atoms with E-state index in [1.807, 2.05) is 6.07 Å². The van der Waals surface area contributed by atoms with E-state index in [-0.39, 0.29) is 11.4 Å². The molecule has 0 spiro atoms. The van der Waals surface area contributed by atoms with Crippen LogP contribution in [0.3, 0.4) is 0 Å². The van der Waals surface area contributed by atoms with Gasteiger partial charge in [0.25, 0.3) is 0 Å². The number of H-pyrrole nitrogens is 1. The molecule has 0 amide bonds. The topological polar surface area (TPSA) is 54.3 Å². The first-order valence-corrected chi connectivity index (χ1v) is 10.00. The second-order valence-corrected chi connectivity index (χ2v) is 7.79. The minimum atomic E-state index is -0.113. The molecule has 2 aliphatic rings. The van der Waals surface area contributed by atoms with E-state index >= 15 is 0 Å². The molecule has 1 atom stereocenters. The number of hydrogen-bond donors (Lipinski definition) is 1. The number of aromatic nitrogens is 1. The first kappa shape index (κ1) is 18.1. The Hall–Kier alpha value is -2.30.